The third-order valence-corrected chi connectivity index (χ3v) is 5.03. The van der Waals surface area contributed by atoms with E-state index in [1.165, 1.54) is 64.2 Å². The molecular formula is C18H40IN. The topological polar surface area (TPSA) is 26.0 Å². The fourth-order valence-corrected chi connectivity index (χ4v) is 3.25. The Hall–Kier alpha value is 0.690. The largest absolute Gasteiger partial charge is 0.325 e. The molecule has 0 aromatic heterocycles. The van der Waals surface area contributed by atoms with Crippen molar-refractivity contribution >= 4 is 24.0 Å². The highest BCUT2D eigenvalue weighted by molar-refractivity contribution is 14.0. The maximum atomic E-state index is 6.55. The summed E-state index contributed by atoms with van der Waals surface area (Å²) in [5, 5.41) is 0. The van der Waals surface area contributed by atoms with Crippen LogP contribution in [0.4, 0.5) is 0 Å². The normalized spacial score (nSPS) is 13.1. The SMILES string of the molecule is CCCCCCCCCCC(CC)C(N)(CC)CC.I. The van der Waals surface area contributed by atoms with Crippen LogP contribution in [0.3, 0.4) is 0 Å². The van der Waals surface area contributed by atoms with Gasteiger partial charge >= 0.3 is 0 Å². The van der Waals surface area contributed by atoms with Gasteiger partial charge in [0, 0.05) is 5.54 Å². The average molecular weight is 397 g/mol. The van der Waals surface area contributed by atoms with Gasteiger partial charge in [-0.15, -0.1) is 24.0 Å². The number of halogens is 1. The fourth-order valence-electron chi connectivity index (χ4n) is 3.25. The molecule has 2 heteroatoms. The first-order valence-corrected chi connectivity index (χ1v) is 8.93. The molecule has 1 unspecified atom stereocenters. The third-order valence-electron chi connectivity index (χ3n) is 5.03. The second kappa shape index (κ2) is 14.6. The van der Waals surface area contributed by atoms with Crippen LogP contribution in [-0.2, 0) is 0 Å². The van der Waals surface area contributed by atoms with E-state index >= 15 is 0 Å². The van der Waals surface area contributed by atoms with Crippen LogP contribution in [0.25, 0.3) is 0 Å². The monoisotopic (exact) mass is 397 g/mol. The van der Waals surface area contributed by atoms with E-state index in [1.807, 2.05) is 0 Å². The molecule has 1 atom stereocenters. The van der Waals surface area contributed by atoms with Crippen molar-refractivity contribution in [3.05, 3.63) is 0 Å². The van der Waals surface area contributed by atoms with Gasteiger partial charge in [0.1, 0.15) is 0 Å². The van der Waals surface area contributed by atoms with Crippen LogP contribution in [0.5, 0.6) is 0 Å². The lowest BCUT2D eigenvalue weighted by Gasteiger charge is -2.36. The van der Waals surface area contributed by atoms with E-state index < -0.39 is 0 Å². The minimum atomic E-state index is 0. The van der Waals surface area contributed by atoms with Gasteiger partial charge in [-0.05, 0) is 25.2 Å². The van der Waals surface area contributed by atoms with Crippen molar-refractivity contribution in [2.45, 2.75) is 110 Å². The molecule has 0 aliphatic carbocycles. The predicted octanol–water partition coefficient (Wildman–Crippen LogP) is 6.68. The van der Waals surface area contributed by atoms with Crippen molar-refractivity contribution in [3.63, 3.8) is 0 Å². The maximum absolute atomic E-state index is 6.55. The summed E-state index contributed by atoms with van der Waals surface area (Å²) in [6.45, 7) is 9.09. The Morgan fingerprint density at radius 3 is 1.60 bits per heavy atom. The van der Waals surface area contributed by atoms with E-state index in [2.05, 4.69) is 27.7 Å². The molecule has 0 rings (SSSR count). The summed E-state index contributed by atoms with van der Waals surface area (Å²) in [6, 6.07) is 0. The Kier molecular flexibility index (Phi) is 16.8. The molecule has 1 nitrogen and oxygen atoms in total. The van der Waals surface area contributed by atoms with E-state index in [4.69, 9.17) is 5.73 Å². The van der Waals surface area contributed by atoms with Gasteiger partial charge in [-0.3, -0.25) is 0 Å². The van der Waals surface area contributed by atoms with Crippen molar-refractivity contribution in [3.8, 4) is 0 Å². The highest BCUT2D eigenvalue weighted by atomic mass is 127. The summed E-state index contributed by atoms with van der Waals surface area (Å²) in [6.07, 6.45) is 16.1. The molecule has 0 saturated carbocycles. The molecule has 0 aliphatic heterocycles. The molecule has 0 aromatic rings. The Balaban J connectivity index is 0. The molecule has 0 aliphatic rings. The molecule has 0 aromatic carbocycles. The van der Waals surface area contributed by atoms with E-state index in [0.717, 1.165) is 18.8 Å². The van der Waals surface area contributed by atoms with Gasteiger partial charge in [0.15, 0.2) is 0 Å². The first kappa shape index (κ1) is 23.0. The first-order chi connectivity index (χ1) is 9.14. The van der Waals surface area contributed by atoms with Gasteiger partial charge < -0.3 is 5.73 Å². The average Bonchev–Trinajstić information content (AvgIpc) is 2.45. The molecule has 0 saturated heterocycles. The van der Waals surface area contributed by atoms with E-state index in [-0.39, 0.29) is 29.5 Å². The minimum Gasteiger partial charge on any atom is -0.325 e. The molecule has 0 fully saturated rings. The van der Waals surface area contributed by atoms with Crippen molar-refractivity contribution < 1.29 is 0 Å². The van der Waals surface area contributed by atoms with Crippen molar-refractivity contribution in [2.24, 2.45) is 11.7 Å². The molecule has 124 valence electrons. The van der Waals surface area contributed by atoms with Crippen molar-refractivity contribution in [1.82, 2.24) is 0 Å². The highest BCUT2D eigenvalue weighted by Gasteiger charge is 2.29. The number of unbranched alkanes of at least 4 members (excludes halogenated alkanes) is 7. The zero-order valence-electron chi connectivity index (χ0n) is 14.5. The molecule has 0 heterocycles. The van der Waals surface area contributed by atoms with Crippen molar-refractivity contribution in [1.29, 1.82) is 0 Å². The van der Waals surface area contributed by atoms with Crippen LogP contribution < -0.4 is 5.73 Å². The summed E-state index contributed by atoms with van der Waals surface area (Å²) in [5.41, 5.74) is 6.64. The van der Waals surface area contributed by atoms with Gasteiger partial charge in [0.25, 0.3) is 0 Å². The summed E-state index contributed by atoms with van der Waals surface area (Å²) in [4.78, 5) is 0. The molecule has 0 spiro atoms. The van der Waals surface area contributed by atoms with E-state index in [0.29, 0.717) is 0 Å². The lowest BCUT2D eigenvalue weighted by Crippen LogP contribution is -2.45. The zero-order valence-corrected chi connectivity index (χ0v) is 16.9. The minimum absolute atomic E-state index is 0. The standard InChI is InChI=1S/C18H39N.HI/c1-5-9-10-11-12-13-14-15-16-17(6-2)18(19,7-3)8-4;/h17H,5-16,19H2,1-4H3;1H. The third kappa shape index (κ3) is 9.59. The van der Waals surface area contributed by atoms with Gasteiger partial charge in [0.05, 0.1) is 0 Å². The smallest absolute Gasteiger partial charge is 0.0177 e. The second-order valence-corrected chi connectivity index (χ2v) is 6.31. The zero-order chi connectivity index (χ0) is 14.6. The van der Waals surface area contributed by atoms with Crippen LogP contribution in [0.2, 0.25) is 0 Å². The summed E-state index contributed by atoms with van der Waals surface area (Å²) in [5.74, 6) is 0.725. The van der Waals surface area contributed by atoms with Crippen LogP contribution in [-0.4, -0.2) is 5.54 Å². The van der Waals surface area contributed by atoms with Gasteiger partial charge in [0.2, 0.25) is 0 Å². The summed E-state index contributed by atoms with van der Waals surface area (Å²) in [7, 11) is 0. The van der Waals surface area contributed by atoms with Gasteiger partial charge in [-0.25, -0.2) is 0 Å². The number of rotatable bonds is 13. The molecular weight excluding hydrogens is 357 g/mol. The van der Waals surface area contributed by atoms with Crippen LogP contribution in [0, 0.1) is 5.92 Å². The first-order valence-electron chi connectivity index (χ1n) is 8.93. The quantitative estimate of drug-likeness (QED) is 0.272. The maximum Gasteiger partial charge on any atom is 0.0177 e. The fraction of sp³-hybridized carbons (Fsp3) is 1.00. The molecule has 2 N–H and O–H groups in total. The number of nitrogens with two attached hydrogens (primary N) is 1. The van der Waals surface area contributed by atoms with Crippen molar-refractivity contribution in [2.75, 3.05) is 0 Å². The number of hydrogen-bond donors (Lipinski definition) is 1. The Labute approximate surface area is 145 Å². The Bertz CT molecular complexity index is 190. The molecule has 0 amide bonds. The lowest BCUT2D eigenvalue weighted by molar-refractivity contribution is 0.225. The van der Waals surface area contributed by atoms with Crippen LogP contribution in [0.1, 0.15) is 105 Å². The van der Waals surface area contributed by atoms with E-state index in [1.54, 1.807) is 0 Å². The Morgan fingerprint density at radius 1 is 0.750 bits per heavy atom. The van der Waals surface area contributed by atoms with Crippen LogP contribution >= 0.6 is 24.0 Å². The predicted molar refractivity (Wildman–Crippen MR) is 104 cm³/mol. The molecule has 0 radical (unpaired) electrons. The molecule has 20 heavy (non-hydrogen) atoms. The summed E-state index contributed by atoms with van der Waals surface area (Å²) >= 11 is 0. The Morgan fingerprint density at radius 2 is 1.20 bits per heavy atom. The van der Waals surface area contributed by atoms with Gasteiger partial charge in [-0.2, -0.15) is 0 Å². The van der Waals surface area contributed by atoms with Crippen LogP contribution in [0.15, 0.2) is 0 Å². The summed E-state index contributed by atoms with van der Waals surface area (Å²) < 4.78 is 0. The molecule has 0 bridgehead atoms. The highest BCUT2D eigenvalue weighted by Crippen LogP contribution is 2.30. The van der Waals surface area contributed by atoms with Gasteiger partial charge in [-0.1, -0.05) is 85.5 Å². The lowest BCUT2D eigenvalue weighted by atomic mass is 9.76. The number of hydrogen-bond acceptors (Lipinski definition) is 1. The second-order valence-electron chi connectivity index (χ2n) is 6.31. The van der Waals surface area contributed by atoms with E-state index in [9.17, 15) is 0 Å².